The third kappa shape index (κ3) is 7.35. The number of allylic oxidation sites excluding steroid dienone is 8. The van der Waals surface area contributed by atoms with Crippen LogP contribution in [-0.2, 0) is 17.1 Å². The summed E-state index contributed by atoms with van der Waals surface area (Å²) in [6.45, 7) is 3.64. The van der Waals surface area contributed by atoms with E-state index >= 15 is 0 Å². The maximum Gasteiger partial charge on any atom is 0.122 e. The summed E-state index contributed by atoms with van der Waals surface area (Å²) in [5, 5.41) is 9.55. The summed E-state index contributed by atoms with van der Waals surface area (Å²) >= 11 is 0. The van der Waals surface area contributed by atoms with Gasteiger partial charge >= 0.3 is 0 Å². The molecule has 0 aromatic heterocycles. The zero-order valence-electron chi connectivity index (χ0n) is 10.7. The van der Waals surface area contributed by atoms with Crippen molar-refractivity contribution >= 4 is 0 Å². The van der Waals surface area contributed by atoms with Gasteiger partial charge < -0.3 is 5.11 Å². The molecule has 0 saturated heterocycles. The molecule has 1 N–H and O–H groups in total. The molecular formula is C16H18FeO. The molecule has 18 heavy (non-hydrogen) atoms. The van der Waals surface area contributed by atoms with Crippen LogP contribution in [0.15, 0.2) is 48.1 Å². The van der Waals surface area contributed by atoms with E-state index in [2.05, 4.69) is 11.8 Å². The van der Waals surface area contributed by atoms with E-state index in [9.17, 15) is 5.11 Å². The third-order valence-corrected chi connectivity index (χ3v) is 2.38. The van der Waals surface area contributed by atoms with E-state index < -0.39 is 5.60 Å². The smallest absolute Gasteiger partial charge is 0.122 e. The fourth-order valence-corrected chi connectivity index (χ4v) is 1.07. The molecule has 0 aromatic rings. The van der Waals surface area contributed by atoms with Gasteiger partial charge in [0.2, 0.25) is 0 Å². The van der Waals surface area contributed by atoms with Gasteiger partial charge in [0.05, 0.1) is 0 Å². The Hall–Kier alpha value is -1.00. The summed E-state index contributed by atoms with van der Waals surface area (Å²) in [6, 6.07) is 0. The van der Waals surface area contributed by atoms with Crippen LogP contribution in [0.25, 0.3) is 0 Å². The number of hydrogen-bond acceptors (Lipinski definition) is 1. The van der Waals surface area contributed by atoms with Crippen molar-refractivity contribution in [1.82, 2.24) is 0 Å². The SMILES string of the molecule is CCC(C)(O)C#CC1=C[CH]C=C1.[CH]1C=CC=C1.[Fe]. The number of rotatable bonds is 1. The monoisotopic (exact) mass is 282 g/mol. The normalized spacial score (nSPS) is 17.8. The van der Waals surface area contributed by atoms with Crippen molar-refractivity contribution < 1.29 is 22.2 Å². The standard InChI is InChI=1S/C11H13O.C5H5.Fe/c1-3-11(2,12)9-8-10-6-4-5-7-10;1-2-4-5-3-1;/h4-7,12H,3H2,1-2H3;1-5H;. The molecule has 0 fully saturated rings. The van der Waals surface area contributed by atoms with Crippen LogP contribution in [0.3, 0.4) is 0 Å². The summed E-state index contributed by atoms with van der Waals surface area (Å²) in [4.78, 5) is 0. The van der Waals surface area contributed by atoms with Crippen molar-refractivity contribution in [3.8, 4) is 11.8 Å². The first kappa shape index (κ1) is 17.0. The molecule has 1 nitrogen and oxygen atoms in total. The minimum atomic E-state index is -0.850. The first-order valence-corrected chi connectivity index (χ1v) is 5.78. The fourth-order valence-electron chi connectivity index (χ4n) is 1.07. The maximum absolute atomic E-state index is 9.55. The van der Waals surface area contributed by atoms with Crippen molar-refractivity contribution in [1.29, 1.82) is 0 Å². The Balaban J connectivity index is 0.000000405. The van der Waals surface area contributed by atoms with E-state index in [0.29, 0.717) is 6.42 Å². The molecule has 2 rings (SSSR count). The van der Waals surface area contributed by atoms with Gasteiger partial charge in [-0.3, -0.25) is 0 Å². The molecule has 2 radical (unpaired) electrons. The van der Waals surface area contributed by atoms with Gasteiger partial charge in [-0.05, 0) is 13.3 Å². The molecule has 1 atom stereocenters. The minimum Gasteiger partial charge on any atom is -0.378 e. The van der Waals surface area contributed by atoms with Crippen LogP contribution in [0.1, 0.15) is 20.3 Å². The predicted molar refractivity (Wildman–Crippen MR) is 72.8 cm³/mol. The Bertz CT molecular complexity index is 404. The average Bonchev–Trinajstić information content (AvgIpc) is 3.02. The van der Waals surface area contributed by atoms with Gasteiger partial charge in [0.25, 0.3) is 0 Å². The molecule has 0 aliphatic heterocycles. The molecule has 0 amide bonds. The predicted octanol–water partition coefficient (Wildman–Crippen LogP) is 3.17. The minimum absolute atomic E-state index is 0. The summed E-state index contributed by atoms with van der Waals surface area (Å²) in [6.07, 6.45) is 18.4. The zero-order chi connectivity index (χ0) is 12.6. The fraction of sp³-hybridized carbons (Fsp3) is 0.250. The Morgan fingerprint density at radius 1 is 1.11 bits per heavy atom. The average molecular weight is 282 g/mol. The Morgan fingerprint density at radius 2 is 1.78 bits per heavy atom. The van der Waals surface area contributed by atoms with Crippen molar-refractivity contribution in [2.45, 2.75) is 25.9 Å². The summed E-state index contributed by atoms with van der Waals surface area (Å²) in [5.41, 5.74) is 0.112. The summed E-state index contributed by atoms with van der Waals surface area (Å²) in [7, 11) is 0. The molecule has 2 aliphatic rings. The van der Waals surface area contributed by atoms with Gasteiger partial charge in [0.1, 0.15) is 5.60 Å². The van der Waals surface area contributed by atoms with E-state index in [0.717, 1.165) is 5.57 Å². The van der Waals surface area contributed by atoms with Crippen LogP contribution in [0.5, 0.6) is 0 Å². The quantitative estimate of drug-likeness (QED) is 0.578. The van der Waals surface area contributed by atoms with Crippen LogP contribution in [-0.4, -0.2) is 10.7 Å². The van der Waals surface area contributed by atoms with E-state index in [4.69, 9.17) is 0 Å². The van der Waals surface area contributed by atoms with Crippen LogP contribution < -0.4 is 0 Å². The third-order valence-electron chi connectivity index (χ3n) is 2.38. The Kier molecular flexibility index (Phi) is 8.50. The molecule has 0 bridgehead atoms. The molecule has 2 aliphatic carbocycles. The van der Waals surface area contributed by atoms with E-state index in [1.54, 1.807) is 6.92 Å². The first-order chi connectivity index (χ1) is 8.14. The van der Waals surface area contributed by atoms with Crippen molar-refractivity contribution in [2.75, 3.05) is 0 Å². The van der Waals surface area contributed by atoms with E-state index in [-0.39, 0.29) is 17.1 Å². The second-order valence-corrected chi connectivity index (χ2v) is 4.01. The van der Waals surface area contributed by atoms with Gasteiger partial charge in [-0.1, -0.05) is 61.3 Å². The van der Waals surface area contributed by atoms with Gasteiger partial charge in [0.15, 0.2) is 0 Å². The molecule has 1 unspecified atom stereocenters. The molecule has 2 heteroatoms. The van der Waals surface area contributed by atoms with Crippen molar-refractivity contribution in [3.05, 3.63) is 60.9 Å². The molecule has 0 heterocycles. The Labute approximate surface area is 121 Å². The van der Waals surface area contributed by atoms with E-state index in [1.807, 2.05) is 62.3 Å². The molecular weight excluding hydrogens is 264 g/mol. The van der Waals surface area contributed by atoms with Crippen LogP contribution in [0.2, 0.25) is 0 Å². The number of aliphatic hydroxyl groups is 1. The second-order valence-electron chi connectivity index (χ2n) is 4.01. The maximum atomic E-state index is 9.55. The molecule has 0 spiro atoms. The topological polar surface area (TPSA) is 20.2 Å². The van der Waals surface area contributed by atoms with Crippen molar-refractivity contribution in [3.63, 3.8) is 0 Å². The molecule has 0 aromatic carbocycles. The van der Waals surface area contributed by atoms with E-state index in [1.165, 1.54) is 0 Å². The van der Waals surface area contributed by atoms with Gasteiger partial charge in [-0.15, -0.1) is 0 Å². The van der Waals surface area contributed by atoms with Crippen LogP contribution in [0.4, 0.5) is 0 Å². The first-order valence-electron chi connectivity index (χ1n) is 5.78. The number of hydrogen-bond donors (Lipinski definition) is 1. The second kappa shape index (κ2) is 9.00. The van der Waals surface area contributed by atoms with Gasteiger partial charge in [-0.25, -0.2) is 0 Å². The van der Waals surface area contributed by atoms with Crippen LogP contribution in [0, 0.1) is 24.7 Å². The summed E-state index contributed by atoms with van der Waals surface area (Å²) in [5.74, 6) is 5.73. The van der Waals surface area contributed by atoms with Gasteiger partial charge in [-0.2, -0.15) is 0 Å². The summed E-state index contributed by atoms with van der Waals surface area (Å²) < 4.78 is 0. The van der Waals surface area contributed by atoms with Crippen LogP contribution >= 0.6 is 0 Å². The molecule has 96 valence electrons. The molecule has 0 saturated carbocycles. The Morgan fingerprint density at radius 3 is 2.17 bits per heavy atom. The zero-order valence-corrected chi connectivity index (χ0v) is 11.8. The largest absolute Gasteiger partial charge is 0.378 e. The van der Waals surface area contributed by atoms with Gasteiger partial charge in [0, 0.05) is 35.5 Å². The van der Waals surface area contributed by atoms with Crippen molar-refractivity contribution in [2.24, 2.45) is 0 Å².